The van der Waals surface area contributed by atoms with Gasteiger partial charge in [0.25, 0.3) is 0 Å². The summed E-state index contributed by atoms with van der Waals surface area (Å²) in [6.07, 6.45) is 2.90. The van der Waals surface area contributed by atoms with Crippen LogP contribution in [-0.2, 0) is 0 Å². The highest BCUT2D eigenvalue weighted by Crippen LogP contribution is 2.31. The summed E-state index contributed by atoms with van der Waals surface area (Å²) in [5, 5.41) is 16.4. The molecule has 0 aliphatic heterocycles. The van der Waals surface area contributed by atoms with E-state index in [1.54, 1.807) is 4.90 Å². The maximum Gasteiger partial charge on any atom is 0.321 e. The van der Waals surface area contributed by atoms with E-state index in [1.807, 2.05) is 38.1 Å². The molecule has 3 N–H and O–H groups in total. The van der Waals surface area contributed by atoms with Crippen LogP contribution in [0.25, 0.3) is 0 Å². The van der Waals surface area contributed by atoms with Crippen LogP contribution in [0.1, 0.15) is 51.6 Å². The van der Waals surface area contributed by atoms with Crippen molar-refractivity contribution in [2.45, 2.75) is 51.7 Å². The Hall–Kier alpha value is -1.59. The Kier molecular flexibility index (Phi) is 6.02. The van der Waals surface area contributed by atoms with Crippen molar-refractivity contribution in [3.63, 3.8) is 0 Å². The molecule has 0 radical (unpaired) electrons. The van der Waals surface area contributed by atoms with Crippen molar-refractivity contribution in [2.24, 2.45) is 0 Å². The van der Waals surface area contributed by atoms with Gasteiger partial charge in [0.2, 0.25) is 0 Å². The van der Waals surface area contributed by atoms with Crippen LogP contribution in [0.2, 0.25) is 0 Å². The van der Waals surface area contributed by atoms with Crippen molar-refractivity contribution < 1.29 is 9.90 Å². The minimum absolute atomic E-state index is 0.0684. The smallest absolute Gasteiger partial charge is 0.321 e. The lowest BCUT2D eigenvalue weighted by atomic mass is 9.80. The van der Waals surface area contributed by atoms with E-state index in [-0.39, 0.29) is 12.1 Å². The van der Waals surface area contributed by atoms with Crippen LogP contribution >= 0.6 is 0 Å². The lowest BCUT2D eigenvalue weighted by Crippen LogP contribution is -2.46. The summed E-state index contributed by atoms with van der Waals surface area (Å²) in [5.41, 5.74) is 1.44. The van der Waals surface area contributed by atoms with E-state index >= 15 is 0 Å². The lowest BCUT2D eigenvalue weighted by Gasteiger charge is -2.37. The first-order chi connectivity index (χ1) is 11.0. The maximum atomic E-state index is 12.0. The van der Waals surface area contributed by atoms with Gasteiger partial charge in [-0.2, -0.15) is 0 Å². The van der Waals surface area contributed by atoms with Crippen molar-refractivity contribution in [1.82, 2.24) is 10.2 Å². The molecule has 1 aromatic carbocycles. The number of hydrogen-bond acceptors (Lipinski definition) is 3. The molecular formula is C18H29N3O2. The summed E-state index contributed by atoms with van der Waals surface area (Å²) >= 11 is 0. The summed E-state index contributed by atoms with van der Waals surface area (Å²) in [4.78, 5) is 13.8. The zero-order valence-electron chi connectivity index (χ0n) is 14.4. The molecule has 0 saturated heterocycles. The third kappa shape index (κ3) is 4.69. The molecule has 5 heteroatoms. The number of aliphatic hydroxyl groups is 1. The van der Waals surface area contributed by atoms with Crippen molar-refractivity contribution in [1.29, 1.82) is 0 Å². The molecule has 1 aliphatic carbocycles. The van der Waals surface area contributed by atoms with Crippen LogP contribution in [0, 0.1) is 0 Å². The third-order valence-corrected chi connectivity index (χ3v) is 4.73. The second-order valence-electron chi connectivity index (χ2n) is 6.40. The van der Waals surface area contributed by atoms with Gasteiger partial charge in [0.1, 0.15) is 0 Å². The highest BCUT2D eigenvalue weighted by Gasteiger charge is 2.34. The molecule has 1 unspecified atom stereocenters. The van der Waals surface area contributed by atoms with Crippen LogP contribution < -0.4 is 10.6 Å². The summed E-state index contributed by atoms with van der Waals surface area (Å²) in [6.45, 7) is 8.06. The molecule has 23 heavy (non-hydrogen) atoms. The predicted molar refractivity (Wildman–Crippen MR) is 93.6 cm³/mol. The summed E-state index contributed by atoms with van der Waals surface area (Å²) in [5.74, 6) is 0. The molecule has 1 fully saturated rings. The average molecular weight is 319 g/mol. The Morgan fingerprint density at radius 2 is 1.87 bits per heavy atom. The molecule has 0 heterocycles. The minimum Gasteiger partial charge on any atom is -0.389 e. The third-order valence-electron chi connectivity index (χ3n) is 4.73. The number of rotatable bonds is 7. The van der Waals surface area contributed by atoms with Gasteiger partial charge in [-0.15, -0.1) is 0 Å². The van der Waals surface area contributed by atoms with Crippen LogP contribution in [0.5, 0.6) is 0 Å². The molecule has 1 atom stereocenters. The van der Waals surface area contributed by atoms with Crippen molar-refractivity contribution >= 4 is 11.7 Å². The van der Waals surface area contributed by atoms with Gasteiger partial charge < -0.3 is 20.6 Å². The molecule has 2 amide bonds. The topological polar surface area (TPSA) is 64.6 Å². The molecule has 1 saturated carbocycles. The van der Waals surface area contributed by atoms with Crippen molar-refractivity contribution in [3.8, 4) is 0 Å². The number of carbonyl (C=O) groups is 1. The second-order valence-corrected chi connectivity index (χ2v) is 6.40. The number of nitrogens with one attached hydrogen (secondary N) is 2. The van der Waals surface area contributed by atoms with E-state index in [1.165, 1.54) is 0 Å². The standard InChI is InChI=1S/C18H29N3O2/c1-4-21(5-2)17(22)20-16-9-7-15(8-10-16)14(3)19-13-18(23)11-6-12-18/h7-10,14,19,23H,4-6,11-13H2,1-3H3,(H,20,22). The fourth-order valence-corrected chi connectivity index (χ4v) is 2.79. The number of nitrogens with zero attached hydrogens (tertiary/aromatic N) is 1. The number of carbonyl (C=O) groups excluding carboxylic acids is 1. The van der Waals surface area contributed by atoms with Gasteiger partial charge in [0.05, 0.1) is 5.60 Å². The van der Waals surface area contributed by atoms with Crippen molar-refractivity contribution in [3.05, 3.63) is 29.8 Å². The van der Waals surface area contributed by atoms with Gasteiger partial charge in [0.15, 0.2) is 0 Å². The van der Waals surface area contributed by atoms with E-state index in [4.69, 9.17) is 0 Å². The maximum absolute atomic E-state index is 12.0. The van der Waals surface area contributed by atoms with E-state index in [9.17, 15) is 9.90 Å². The Bertz CT molecular complexity index is 508. The molecule has 0 bridgehead atoms. The molecule has 1 aromatic rings. The highest BCUT2D eigenvalue weighted by molar-refractivity contribution is 5.89. The van der Waals surface area contributed by atoms with Crippen LogP contribution in [0.15, 0.2) is 24.3 Å². The molecule has 0 spiro atoms. The average Bonchev–Trinajstić information content (AvgIpc) is 2.52. The molecular weight excluding hydrogens is 290 g/mol. The summed E-state index contributed by atoms with van der Waals surface area (Å²) in [6, 6.07) is 7.98. The van der Waals surface area contributed by atoms with Crippen LogP contribution in [0.4, 0.5) is 10.5 Å². The predicted octanol–water partition coefficient (Wildman–Crippen LogP) is 3.13. The highest BCUT2D eigenvalue weighted by atomic mass is 16.3. The summed E-state index contributed by atoms with van der Waals surface area (Å²) in [7, 11) is 0. The minimum atomic E-state index is -0.508. The number of benzene rings is 1. The Morgan fingerprint density at radius 3 is 2.35 bits per heavy atom. The fraction of sp³-hybridized carbons (Fsp3) is 0.611. The van der Waals surface area contributed by atoms with Gasteiger partial charge in [0, 0.05) is 31.4 Å². The van der Waals surface area contributed by atoms with E-state index < -0.39 is 5.60 Å². The molecule has 128 valence electrons. The first-order valence-corrected chi connectivity index (χ1v) is 8.59. The van der Waals surface area contributed by atoms with Gasteiger partial charge in [-0.25, -0.2) is 4.79 Å². The molecule has 5 nitrogen and oxygen atoms in total. The lowest BCUT2D eigenvalue weighted by molar-refractivity contribution is -0.0329. The van der Waals surface area contributed by atoms with Crippen LogP contribution in [-0.4, -0.2) is 41.3 Å². The Morgan fingerprint density at radius 1 is 1.26 bits per heavy atom. The van der Waals surface area contributed by atoms with Gasteiger partial charge in [-0.3, -0.25) is 0 Å². The molecule has 1 aliphatic rings. The van der Waals surface area contributed by atoms with E-state index in [2.05, 4.69) is 17.6 Å². The quantitative estimate of drug-likeness (QED) is 0.723. The number of anilines is 1. The van der Waals surface area contributed by atoms with E-state index in [0.717, 1.165) is 30.5 Å². The normalized spacial score (nSPS) is 17.2. The Balaban J connectivity index is 1.87. The van der Waals surface area contributed by atoms with Crippen LogP contribution in [0.3, 0.4) is 0 Å². The molecule has 0 aromatic heterocycles. The second kappa shape index (κ2) is 7.79. The number of hydrogen-bond donors (Lipinski definition) is 3. The largest absolute Gasteiger partial charge is 0.389 e. The fourth-order valence-electron chi connectivity index (χ4n) is 2.79. The molecule has 2 rings (SSSR count). The Labute approximate surface area is 139 Å². The van der Waals surface area contributed by atoms with Gasteiger partial charge in [-0.1, -0.05) is 12.1 Å². The zero-order chi connectivity index (χ0) is 16.9. The number of amides is 2. The number of urea groups is 1. The van der Waals surface area contributed by atoms with Gasteiger partial charge in [-0.05, 0) is 57.7 Å². The van der Waals surface area contributed by atoms with Crippen molar-refractivity contribution in [2.75, 3.05) is 25.0 Å². The SMILES string of the molecule is CCN(CC)C(=O)Nc1ccc(C(C)NCC2(O)CCC2)cc1. The monoisotopic (exact) mass is 319 g/mol. The summed E-state index contributed by atoms with van der Waals surface area (Å²) < 4.78 is 0. The first-order valence-electron chi connectivity index (χ1n) is 8.59. The van der Waals surface area contributed by atoms with E-state index in [0.29, 0.717) is 19.6 Å². The van der Waals surface area contributed by atoms with Gasteiger partial charge >= 0.3 is 6.03 Å². The zero-order valence-corrected chi connectivity index (χ0v) is 14.4. The first kappa shape index (κ1) is 17.8.